The monoisotopic (exact) mass is 414 g/mol. The molecule has 1 N–H and O–H groups in total. The van der Waals surface area contributed by atoms with Crippen LogP contribution in [0.25, 0.3) is 11.5 Å². The molecule has 0 aliphatic heterocycles. The van der Waals surface area contributed by atoms with Crippen LogP contribution in [0.5, 0.6) is 0 Å². The second-order valence-corrected chi connectivity index (χ2v) is 9.11. The van der Waals surface area contributed by atoms with Gasteiger partial charge in [0.2, 0.25) is 5.89 Å². The van der Waals surface area contributed by atoms with Crippen LogP contribution in [0.15, 0.2) is 40.3 Å². The van der Waals surface area contributed by atoms with Crippen molar-refractivity contribution in [1.82, 2.24) is 20.4 Å². The smallest absolute Gasteiger partial charge is 0.250 e. The van der Waals surface area contributed by atoms with Crippen molar-refractivity contribution in [3.05, 3.63) is 47.6 Å². The van der Waals surface area contributed by atoms with Gasteiger partial charge < -0.3 is 14.6 Å². The molecule has 5 nitrogen and oxygen atoms in total. The number of rotatable bonds is 9. The fourth-order valence-electron chi connectivity index (χ4n) is 4.37. The van der Waals surface area contributed by atoms with Gasteiger partial charge in [-0.15, -0.1) is 10.2 Å². The van der Waals surface area contributed by atoms with E-state index in [0.29, 0.717) is 41.5 Å². The highest BCUT2D eigenvalue weighted by molar-refractivity contribution is 5.53. The maximum absolute atomic E-state index is 14.0. The summed E-state index contributed by atoms with van der Waals surface area (Å²) in [6, 6.07) is 6.51. The SMILES string of the molecule is CC1=CC(CNCCN(C)C)C(C(C)C)CC1Cc1nnc(-c2ccccc2F)o1. The van der Waals surface area contributed by atoms with Crippen molar-refractivity contribution in [1.29, 1.82) is 0 Å². The van der Waals surface area contributed by atoms with Gasteiger partial charge in [0.25, 0.3) is 5.89 Å². The molecule has 3 rings (SSSR count). The van der Waals surface area contributed by atoms with Gasteiger partial charge in [0.05, 0.1) is 5.56 Å². The van der Waals surface area contributed by atoms with E-state index in [-0.39, 0.29) is 11.7 Å². The first-order chi connectivity index (χ1) is 14.3. The molecule has 1 aliphatic carbocycles. The fourth-order valence-corrected chi connectivity index (χ4v) is 4.37. The summed E-state index contributed by atoms with van der Waals surface area (Å²) in [4.78, 5) is 2.20. The van der Waals surface area contributed by atoms with E-state index in [9.17, 15) is 4.39 Å². The Hall–Kier alpha value is -2.05. The molecule has 0 fully saturated rings. The zero-order valence-corrected chi connectivity index (χ0v) is 18.9. The van der Waals surface area contributed by atoms with Gasteiger partial charge in [-0.1, -0.05) is 37.6 Å². The molecule has 1 aromatic heterocycles. The first kappa shape index (κ1) is 22.6. The first-order valence-corrected chi connectivity index (χ1v) is 11.0. The Kier molecular flexibility index (Phi) is 7.78. The van der Waals surface area contributed by atoms with Crippen molar-refractivity contribution in [2.75, 3.05) is 33.7 Å². The van der Waals surface area contributed by atoms with Crippen molar-refractivity contribution >= 4 is 0 Å². The molecule has 0 bridgehead atoms. The first-order valence-electron chi connectivity index (χ1n) is 11.0. The molecule has 0 radical (unpaired) electrons. The van der Waals surface area contributed by atoms with E-state index in [0.717, 1.165) is 26.1 Å². The number of likely N-dealkylation sites (N-methyl/N-ethyl adjacent to an activating group) is 1. The van der Waals surface area contributed by atoms with Gasteiger partial charge in [-0.05, 0) is 63.2 Å². The van der Waals surface area contributed by atoms with Crippen LogP contribution in [0, 0.1) is 29.5 Å². The third kappa shape index (κ3) is 5.76. The van der Waals surface area contributed by atoms with Crippen molar-refractivity contribution in [2.24, 2.45) is 23.7 Å². The minimum absolute atomic E-state index is 0.254. The Balaban J connectivity index is 1.67. The summed E-state index contributed by atoms with van der Waals surface area (Å²) in [6.45, 7) is 9.90. The summed E-state index contributed by atoms with van der Waals surface area (Å²) >= 11 is 0. The maximum atomic E-state index is 14.0. The number of nitrogens with zero attached hydrogens (tertiary/aromatic N) is 3. The predicted octanol–water partition coefficient (Wildman–Crippen LogP) is 4.42. The fraction of sp³-hybridized carbons (Fsp3) is 0.583. The Morgan fingerprint density at radius 3 is 2.70 bits per heavy atom. The zero-order valence-electron chi connectivity index (χ0n) is 18.9. The van der Waals surface area contributed by atoms with Crippen LogP contribution in [-0.2, 0) is 6.42 Å². The lowest BCUT2D eigenvalue weighted by molar-refractivity contribution is 0.217. The Morgan fingerprint density at radius 2 is 2.00 bits per heavy atom. The minimum Gasteiger partial charge on any atom is -0.421 e. The molecule has 0 spiro atoms. The highest BCUT2D eigenvalue weighted by Crippen LogP contribution is 2.38. The van der Waals surface area contributed by atoms with Crippen LogP contribution in [0.2, 0.25) is 0 Å². The summed E-state index contributed by atoms with van der Waals surface area (Å²) in [5, 5.41) is 11.9. The number of benzene rings is 1. The second-order valence-electron chi connectivity index (χ2n) is 9.11. The molecule has 30 heavy (non-hydrogen) atoms. The number of halogens is 1. The third-order valence-electron chi connectivity index (χ3n) is 6.19. The van der Waals surface area contributed by atoms with Gasteiger partial charge in [-0.25, -0.2) is 4.39 Å². The highest BCUT2D eigenvalue weighted by atomic mass is 19.1. The molecule has 2 aromatic rings. The molecule has 3 atom stereocenters. The lowest BCUT2D eigenvalue weighted by atomic mass is 9.70. The molecule has 0 saturated heterocycles. The van der Waals surface area contributed by atoms with Crippen LogP contribution in [-0.4, -0.2) is 48.8 Å². The predicted molar refractivity (Wildman–Crippen MR) is 119 cm³/mol. The van der Waals surface area contributed by atoms with Crippen molar-refractivity contribution in [2.45, 2.75) is 33.6 Å². The number of hydrogen-bond acceptors (Lipinski definition) is 5. The summed E-state index contributed by atoms with van der Waals surface area (Å²) in [5.41, 5.74) is 1.74. The van der Waals surface area contributed by atoms with E-state index in [1.165, 1.54) is 11.6 Å². The van der Waals surface area contributed by atoms with Gasteiger partial charge in [0.15, 0.2) is 0 Å². The third-order valence-corrected chi connectivity index (χ3v) is 6.19. The number of allylic oxidation sites excluding steroid dienone is 1. The molecule has 3 unspecified atom stereocenters. The van der Waals surface area contributed by atoms with Crippen LogP contribution >= 0.6 is 0 Å². The Bertz CT molecular complexity index is 845. The minimum atomic E-state index is -0.342. The Labute approximate surface area is 179 Å². The van der Waals surface area contributed by atoms with E-state index in [1.807, 2.05) is 0 Å². The Morgan fingerprint density at radius 1 is 1.23 bits per heavy atom. The van der Waals surface area contributed by atoms with Gasteiger partial charge in [0.1, 0.15) is 5.82 Å². The standard InChI is InChI=1S/C24H35FN4O/c1-16(2)21-13-18(17(3)12-19(21)15-26-10-11-29(4)5)14-23-27-28-24(30-23)20-8-6-7-9-22(20)25/h6-9,12,16,18-19,21,26H,10-11,13-15H2,1-5H3. The molecule has 6 heteroatoms. The number of nitrogens with one attached hydrogen (secondary N) is 1. The van der Waals surface area contributed by atoms with E-state index in [2.05, 4.69) is 61.4 Å². The molecular formula is C24H35FN4O. The average Bonchev–Trinajstić information content (AvgIpc) is 3.15. The lowest BCUT2D eigenvalue weighted by Crippen LogP contribution is -2.37. The summed E-state index contributed by atoms with van der Waals surface area (Å²) in [6.07, 6.45) is 4.25. The number of aromatic nitrogens is 2. The van der Waals surface area contributed by atoms with E-state index >= 15 is 0 Å². The van der Waals surface area contributed by atoms with Crippen LogP contribution < -0.4 is 5.32 Å². The molecule has 1 heterocycles. The maximum Gasteiger partial charge on any atom is 0.250 e. The van der Waals surface area contributed by atoms with E-state index in [1.54, 1.807) is 18.2 Å². The van der Waals surface area contributed by atoms with Crippen molar-refractivity contribution in [3.63, 3.8) is 0 Å². The topological polar surface area (TPSA) is 54.2 Å². The van der Waals surface area contributed by atoms with Crippen molar-refractivity contribution < 1.29 is 8.81 Å². The van der Waals surface area contributed by atoms with Gasteiger partial charge in [0, 0.05) is 26.1 Å². The lowest BCUT2D eigenvalue weighted by Gasteiger charge is -2.37. The van der Waals surface area contributed by atoms with Crippen molar-refractivity contribution in [3.8, 4) is 11.5 Å². The van der Waals surface area contributed by atoms with Gasteiger partial charge in [-0.3, -0.25) is 0 Å². The molecule has 0 amide bonds. The summed E-state index contributed by atoms with van der Waals surface area (Å²) < 4.78 is 19.8. The second kappa shape index (κ2) is 10.3. The van der Waals surface area contributed by atoms with Crippen LogP contribution in [0.4, 0.5) is 4.39 Å². The largest absolute Gasteiger partial charge is 0.421 e. The molecular weight excluding hydrogens is 379 g/mol. The normalized spacial score (nSPS) is 22.0. The van der Waals surface area contributed by atoms with Crippen LogP contribution in [0.3, 0.4) is 0 Å². The summed E-state index contributed by atoms with van der Waals surface area (Å²) in [7, 11) is 4.20. The van der Waals surface area contributed by atoms with E-state index < -0.39 is 0 Å². The molecule has 1 aromatic carbocycles. The molecule has 1 aliphatic rings. The highest BCUT2D eigenvalue weighted by Gasteiger charge is 2.32. The molecule has 164 valence electrons. The van der Waals surface area contributed by atoms with Gasteiger partial charge >= 0.3 is 0 Å². The average molecular weight is 415 g/mol. The quantitative estimate of drug-likeness (QED) is 0.486. The molecule has 0 saturated carbocycles. The van der Waals surface area contributed by atoms with E-state index in [4.69, 9.17) is 4.42 Å². The van der Waals surface area contributed by atoms with Crippen LogP contribution in [0.1, 0.15) is 33.1 Å². The number of hydrogen-bond donors (Lipinski definition) is 1. The zero-order chi connectivity index (χ0) is 21.7. The van der Waals surface area contributed by atoms with Gasteiger partial charge in [-0.2, -0.15) is 0 Å². The summed E-state index contributed by atoms with van der Waals surface area (Å²) in [5.74, 6) is 2.63.